The molecule has 0 saturated heterocycles. The summed E-state index contributed by atoms with van der Waals surface area (Å²) in [5.74, 6) is 5.48. The Hall–Kier alpha value is -0.490. The zero-order valence-electron chi connectivity index (χ0n) is 12.0. The number of nitrogens with zero attached hydrogens (tertiary/aromatic N) is 1. The van der Waals surface area contributed by atoms with Gasteiger partial charge in [0.05, 0.1) is 4.47 Å². The van der Waals surface area contributed by atoms with Gasteiger partial charge in [0.15, 0.2) is 0 Å². The van der Waals surface area contributed by atoms with E-state index in [1.54, 1.807) is 6.07 Å². The fraction of sp³-hybridized carbons (Fsp3) is 0.571. The molecule has 0 aromatic heterocycles. The number of halogens is 2. The van der Waals surface area contributed by atoms with Crippen LogP contribution in [0.4, 0.5) is 4.39 Å². The maximum absolute atomic E-state index is 13.6. The van der Waals surface area contributed by atoms with E-state index in [4.69, 9.17) is 5.84 Å². The van der Waals surface area contributed by atoms with Crippen molar-refractivity contribution in [3.63, 3.8) is 0 Å². The van der Waals surface area contributed by atoms with Crippen molar-refractivity contribution in [1.82, 2.24) is 10.3 Å². The topological polar surface area (TPSA) is 41.3 Å². The SMILES string of the molecule is CCC(C)(C(Cc1cccc(F)c1Br)NN)N(C)C. The Labute approximate surface area is 123 Å². The molecule has 2 atom stereocenters. The molecule has 108 valence electrons. The van der Waals surface area contributed by atoms with Crippen LogP contribution in [0.25, 0.3) is 0 Å². The fourth-order valence-corrected chi connectivity index (χ4v) is 2.68. The molecule has 0 aliphatic heterocycles. The maximum Gasteiger partial charge on any atom is 0.137 e. The van der Waals surface area contributed by atoms with Crippen LogP contribution in [0, 0.1) is 5.82 Å². The van der Waals surface area contributed by atoms with Gasteiger partial charge in [-0.3, -0.25) is 11.3 Å². The van der Waals surface area contributed by atoms with Crippen molar-refractivity contribution >= 4 is 15.9 Å². The molecule has 0 saturated carbocycles. The molecule has 3 nitrogen and oxygen atoms in total. The van der Waals surface area contributed by atoms with E-state index in [0.29, 0.717) is 10.9 Å². The molecule has 19 heavy (non-hydrogen) atoms. The summed E-state index contributed by atoms with van der Waals surface area (Å²) >= 11 is 3.31. The summed E-state index contributed by atoms with van der Waals surface area (Å²) in [6.07, 6.45) is 1.61. The van der Waals surface area contributed by atoms with Crippen molar-refractivity contribution in [3.8, 4) is 0 Å². The van der Waals surface area contributed by atoms with Gasteiger partial charge in [-0.25, -0.2) is 4.39 Å². The lowest BCUT2D eigenvalue weighted by molar-refractivity contribution is 0.112. The van der Waals surface area contributed by atoms with Crippen LogP contribution in [0.15, 0.2) is 22.7 Å². The van der Waals surface area contributed by atoms with Crippen LogP contribution in [0.3, 0.4) is 0 Å². The molecule has 2 unspecified atom stereocenters. The monoisotopic (exact) mass is 331 g/mol. The van der Waals surface area contributed by atoms with Crippen molar-refractivity contribution in [1.29, 1.82) is 0 Å². The lowest BCUT2D eigenvalue weighted by atomic mass is 9.84. The van der Waals surface area contributed by atoms with Gasteiger partial charge in [0, 0.05) is 11.6 Å². The summed E-state index contributed by atoms with van der Waals surface area (Å²) in [5, 5.41) is 0. The molecule has 0 aliphatic carbocycles. The highest BCUT2D eigenvalue weighted by Crippen LogP contribution is 2.27. The number of hydrazine groups is 1. The highest BCUT2D eigenvalue weighted by molar-refractivity contribution is 9.10. The molecule has 5 heteroatoms. The molecule has 0 spiro atoms. The summed E-state index contributed by atoms with van der Waals surface area (Å²) in [5.41, 5.74) is 3.71. The first-order valence-electron chi connectivity index (χ1n) is 6.43. The average molecular weight is 332 g/mol. The second-order valence-corrected chi connectivity index (χ2v) is 6.03. The molecule has 1 aromatic rings. The number of nitrogens with one attached hydrogen (secondary N) is 1. The smallest absolute Gasteiger partial charge is 0.137 e. The minimum atomic E-state index is -0.240. The zero-order chi connectivity index (χ0) is 14.6. The number of benzene rings is 1. The molecular formula is C14H23BrFN3. The summed E-state index contributed by atoms with van der Waals surface area (Å²) in [4.78, 5) is 2.16. The van der Waals surface area contributed by atoms with E-state index < -0.39 is 0 Å². The quantitative estimate of drug-likeness (QED) is 0.622. The minimum Gasteiger partial charge on any atom is -0.302 e. The van der Waals surface area contributed by atoms with E-state index >= 15 is 0 Å². The van der Waals surface area contributed by atoms with E-state index in [-0.39, 0.29) is 17.4 Å². The normalized spacial score (nSPS) is 16.4. The van der Waals surface area contributed by atoms with E-state index in [1.165, 1.54) is 6.07 Å². The van der Waals surface area contributed by atoms with Gasteiger partial charge < -0.3 is 4.90 Å². The number of hydrogen-bond donors (Lipinski definition) is 2. The number of nitrogens with two attached hydrogens (primary N) is 1. The van der Waals surface area contributed by atoms with Crippen LogP contribution in [0.2, 0.25) is 0 Å². The van der Waals surface area contributed by atoms with Crippen molar-refractivity contribution < 1.29 is 4.39 Å². The van der Waals surface area contributed by atoms with Gasteiger partial charge in [-0.1, -0.05) is 19.1 Å². The molecular weight excluding hydrogens is 309 g/mol. The Morgan fingerprint density at radius 3 is 2.58 bits per heavy atom. The highest BCUT2D eigenvalue weighted by Gasteiger charge is 2.34. The average Bonchev–Trinajstić information content (AvgIpc) is 2.39. The van der Waals surface area contributed by atoms with Crippen molar-refractivity contribution in [2.75, 3.05) is 14.1 Å². The van der Waals surface area contributed by atoms with Crippen LogP contribution in [0.5, 0.6) is 0 Å². The van der Waals surface area contributed by atoms with Crippen LogP contribution in [-0.4, -0.2) is 30.6 Å². The molecule has 0 aliphatic rings. The van der Waals surface area contributed by atoms with E-state index in [1.807, 2.05) is 20.2 Å². The van der Waals surface area contributed by atoms with Crippen LogP contribution >= 0.6 is 15.9 Å². The van der Waals surface area contributed by atoms with E-state index in [9.17, 15) is 4.39 Å². The first-order valence-corrected chi connectivity index (χ1v) is 7.22. The van der Waals surface area contributed by atoms with Crippen molar-refractivity contribution in [2.24, 2.45) is 5.84 Å². The summed E-state index contributed by atoms with van der Waals surface area (Å²) in [6.45, 7) is 4.29. The van der Waals surface area contributed by atoms with Gasteiger partial charge in [0.2, 0.25) is 0 Å². The summed E-state index contributed by atoms with van der Waals surface area (Å²) in [7, 11) is 4.07. The zero-order valence-corrected chi connectivity index (χ0v) is 13.6. The molecule has 0 heterocycles. The fourth-order valence-electron chi connectivity index (χ4n) is 2.26. The molecule has 1 aromatic carbocycles. The Balaban J connectivity index is 3.02. The third-order valence-electron chi connectivity index (χ3n) is 4.14. The predicted octanol–water partition coefficient (Wildman–Crippen LogP) is 2.69. The van der Waals surface area contributed by atoms with E-state index in [2.05, 4.69) is 40.1 Å². The number of rotatable bonds is 6. The van der Waals surface area contributed by atoms with Crippen LogP contribution in [-0.2, 0) is 6.42 Å². The van der Waals surface area contributed by atoms with E-state index in [0.717, 1.165) is 12.0 Å². The first-order chi connectivity index (χ1) is 8.86. The van der Waals surface area contributed by atoms with Crippen molar-refractivity contribution in [2.45, 2.75) is 38.3 Å². The van der Waals surface area contributed by atoms with Gasteiger partial charge in [0.25, 0.3) is 0 Å². The Bertz CT molecular complexity index is 425. The molecule has 0 radical (unpaired) electrons. The molecule has 1 rings (SSSR count). The van der Waals surface area contributed by atoms with Gasteiger partial charge in [-0.05, 0) is 61.4 Å². The molecule has 0 amide bonds. The largest absolute Gasteiger partial charge is 0.302 e. The minimum absolute atomic E-state index is 0.0330. The van der Waals surface area contributed by atoms with Crippen LogP contribution < -0.4 is 11.3 Å². The van der Waals surface area contributed by atoms with Gasteiger partial charge in [-0.15, -0.1) is 0 Å². The highest BCUT2D eigenvalue weighted by atomic mass is 79.9. The Kier molecular flexibility index (Phi) is 5.92. The standard InChI is InChI=1S/C14H23BrFN3/c1-5-14(2,19(3)4)12(18-17)9-10-7-6-8-11(16)13(10)15/h6-8,12,18H,5,9,17H2,1-4H3. The molecule has 0 bridgehead atoms. The second-order valence-electron chi connectivity index (χ2n) is 5.24. The Morgan fingerprint density at radius 2 is 2.11 bits per heavy atom. The Morgan fingerprint density at radius 1 is 1.47 bits per heavy atom. The second kappa shape index (κ2) is 6.79. The molecule has 0 fully saturated rings. The maximum atomic E-state index is 13.6. The predicted molar refractivity (Wildman–Crippen MR) is 81.3 cm³/mol. The van der Waals surface area contributed by atoms with Crippen molar-refractivity contribution in [3.05, 3.63) is 34.1 Å². The summed E-state index contributed by atoms with van der Waals surface area (Å²) < 4.78 is 14.1. The first kappa shape index (κ1) is 16.6. The van der Waals surface area contributed by atoms with Gasteiger partial charge in [0.1, 0.15) is 5.82 Å². The third kappa shape index (κ3) is 3.54. The van der Waals surface area contributed by atoms with Gasteiger partial charge >= 0.3 is 0 Å². The molecule has 3 N–H and O–H groups in total. The lowest BCUT2D eigenvalue weighted by Crippen LogP contribution is -2.59. The lowest BCUT2D eigenvalue weighted by Gasteiger charge is -2.42. The number of likely N-dealkylation sites (N-methyl/N-ethyl adjacent to an activating group) is 1. The van der Waals surface area contributed by atoms with Gasteiger partial charge in [-0.2, -0.15) is 0 Å². The number of hydrogen-bond acceptors (Lipinski definition) is 3. The summed E-state index contributed by atoms with van der Waals surface area (Å²) in [6, 6.07) is 5.12. The van der Waals surface area contributed by atoms with Crippen LogP contribution in [0.1, 0.15) is 25.8 Å². The third-order valence-corrected chi connectivity index (χ3v) is 5.03.